The van der Waals surface area contributed by atoms with Gasteiger partial charge < -0.3 is 10.2 Å². The Kier molecular flexibility index (Phi) is 5.68. The van der Waals surface area contributed by atoms with Gasteiger partial charge in [0.15, 0.2) is 0 Å². The van der Waals surface area contributed by atoms with Crippen molar-refractivity contribution in [2.45, 2.75) is 37.8 Å². The van der Waals surface area contributed by atoms with Crippen molar-refractivity contribution in [3.05, 3.63) is 65.9 Å². The van der Waals surface area contributed by atoms with Gasteiger partial charge in [-0.3, -0.25) is 14.5 Å². The molecule has 0 aliphatic carbocycles. The van der Waals surface area contributed by atoms with E-state index in [4.69, 9.17) is 0 Å². The second-order valence-electron chi connectivity index (χ2n) is 8.20. The maximum atomic E-state index is 13.1. The van der Waals surface area contributed by atoms with E-state index in [2.05, 4.69) is 28.9 Å². The summed E-state index contributed by atoms with van der Waals surface area (Å²) in [6, 6.07) is 14.1. The Labute approximate surface area is 182 Å². The number of anilines is 1. The predicted molar refractivity (Wildman–Crippen MR) is 122 cm³/mol. The van der Waals surface area contributed by atoms with Gasteiger partial charge >= 0.3 is 0 Å². The van der Waals surface area contributed by atoms with Crippen LogP contribution in [0, 0.1) is 6.92 Å². The number of carbonyl (C=O) groups excluding carboxylic acids is 1. The minimum atomic E-state index is -3.85. The molecule has 1 amide bonds. The molecule has 2 unspecified atom stereocenters. The normalized spacial score (nSPS) is 19.4. The van der Waals surface area contributed by atoms with E-state index in [-0.39, 0.29) is 22.9 Å². The molecule has 0 saturated carbocycles. The Hall–Kier alpha value is -2.97. The minimum Gasteiger partial charge on any atom is -0.336 e. The molecule has 8 heteroatoms. The summed E-state index contributed by atoms with van der Waals surface area (Å²) >= 11 is 0. The third kappa shape index (κ3) is 4.55. The van der Waals surface area contributed by atoms with Gasteiger partial charge in [-0.15, -0.1) is 0 Å². The molecule has 0 spiro atoms. The average molecular weight is 439 g/mol. The van der Waals surface area contributed by atoms with E-state index in [1.807, 2.05) is 24.0 Å². The number of amides is 1. The van der Waals surface area contributed by atoms with Crippen molar-refractivity contribution >= 4 is 32.5 Å². The molecular weight excluding hydrogens is 412 g/mol. The number of sulfonamides is 1. The first-order chi connectivity index (χ1) is 14.7. The zero-order valence-electron chi connectivity index (χ0n) is 17.8. The fraction of sp³-hybridized carbons (Fsp3) is 0.304. The van der Waals surface area contributed by atoms with Crippen LogP contribution in [-0.4, -0.2) is 49.4 Å². The number of nitrogens with zero attached hydrogens (tertiary/aromatic N) is 2. The van der Waals surface area contributed by atoms with Gasteiger partial charge in [-0.2, -0.15) is 0 Å². The van der Waals surface area contributed by atoms with Crippen molar-refractivity contribution in [2.24, 2.45) is 0 Å². The van der Waals surface area contributed by atoms with Gasteiger partial charge in [0.2, 0.25) is 0 Å². The summed E-state index contributed by atoms with van der Waals surface area (Å²) in [5, 5.41) is 4.17. The summed E-state index contributed by atoms with van der Waals surface area (Å²) in [7, 11) is -3.85. The number of piperazine rings is 1. The fourth-order valence-corrected chi connectivity index (χ4v) is 5.40. The summed E-state index contributed by atoms with van der Waals surface area (Å²) in [6.07, 6.45) is 1.58. The SMILES string of the molecule is Cc1cc(S(=O)(=O)Nc2ccc(C(=O)N3CC(C)NC(C)C3)cc2)c2ncccc2c1. The van der Waals surface area contributed by atoms with Gasteiger partial charge in [0.1, 0.15) is 4.90 Å². The van der Waals surface area contributed by atoms with Gasteiger partial charge in [0.05, 0.1) is 5.52 Å². The number of aromatic nitrogens is 1. The van der Waals surface area contributed by atoms with E-state index in [1.165, 1.54) is 0 Å². The minimum absolute atomic E-state index is 0.0523. The zero-order valence-corrected chi connectivity index (χ0v) is 18.6. The topological polar surface area (TPSA) is 91.4 Å². The Morgan fingerprint density at radius 1 is 1.10 bits per heavy atom. The van der Waals surface area contributed by atoms with Crippen LogP contribution >= 0.6 is 0 Å². The molecule has 31 heavy (non-hydrogen) atoms. The zero-order chi connectivity index (χ0) is 22.2. The van der Waals surface area contributed by atoms with E-state index in [1.54, 1.807) is 42.6 Å². The van der Waals surface area contributed by atoms with Crippen molar-refractivity contribution in [3.63, 3.8) is 0 Å². The first-order valence-electron chi connectivity index (χ1n) is 10.3. The Morgan fingerprint density at radius 3 is 2.45 bits per heavy atom. The number of carbonyl (C=O) groups is 1. The average Bonchev–Trinajstić information content (AvgIpc) is 2.72. The highest BCUT2D eigenvalue weighted by molar-refractivity contribution is 7.93. The molecule has 2 atom stereocenters. The van der Waals surface area contributed by atoms with Gasteiger partial charge in [-0.1, -0.05) is 6.07 Å². The molecule has 1 saturated heterocycles. The third-order valence-corrected chi connectivity index (χ3v) is 6.73. The quantitative estimate of drug-likeness (QED) is 0.653. The highest BCUT2D eigenvalue weighted by atomic mass is 32.2. The molecule has 4 rings (SSSR count). The van der Waals surface area contributed by atoms with Crippen LogP contribution in [0.4, 0.5) is 5.69 Å². The standard InChI is InChI=1S/C23H26N4O3S/c1-15-11-19-5-4-10-24-22(19)21(12-15)31(29,30)26-20-8-6-18(7-9-20)23(28)27-13-16(2)25-17(3)14-27/h4-12,16-17,25-26H,13-14H2,1-3H3. The van der Waals surface area contributed by atoms with Crippen LogP contribution < -0.4 is 10.0 Å². The van der Waals surface area contributed by atoms with Crippen molar-refractivity contribution in [2.75, 3.05) is 17.8 Å². The van der Waals surface area contributed by atoms with Crippen LogP contribution in [0.5, 0.6) is 0 Å². The highest BCUT2D eigenvalue weighted by Crippen LogP contribution is 2.25. The van der Waals surface area contributed by atoms with E-state index in [0.29, 0.717) is 29.9 Å². The number of fused-ring (bicyclic) bond motifs is 1. The fourth-order valence-electron chi connectivity index (χ4n) is 4.07. The summed E-state index contributed by atoms with van der Waals surface area (Å²) < 4.78 is 28.8. The van der Waals surface area contributed by atoms with Gasteiger partial charge in [-0.25, -0.2) is 8.42 Å². The van der Waals surface area contributed by atoms with Crippen LogP contribution in [0.3, 0.4) is 0 Å². The number of hydrogen-bond acceptors (Lipinski definition) is 5. The monoisotopic (exact) mass is 438 g/mol. The van der Waals surface area contributed by atoms with E-state index in [0.717, 1.165) is 10.9 Å². The Balaban J connectivity index is 1.56. The van der Waals surface area contributed by atoms with Crippen molar-refractivity contribution in [1.29, 1.82) is 0 Å². The molecule has 0 bridgehead atoms. The Bertz CT molecular complexity index is 1220. The molecule has 162 valence electrons. The van der Waals surface area contributed by atoms with Gasteiger partial charge in [0, 0.05) is 48.0 Å². The molecule has 1 aromatic heterocycles. The predicted octanol–water partition coefficient (Wildman–Crippen LogP) is 3.17. The lowest BCUT2D eigenvalue weighted by atomic mass is 10.1. The first kappa shape index (κ1) is 21.3. The third-order valence-electron chi connectivity index (χ3n) is 5.33. The lowest BCUT2D eigenvalue weighted by Crippen LogP contribution is -2.55. The van der Waals surface area contributed by atoms with Crippen LogP contribution in [0.2, 0.25) is 0 Å². The molecule has 2 aromatic carbocycles. The molecule has 2 N–H and O–H groups in total. The number of benzene rings is 2. The maximum absolute atomic E-state index is 13.1. The number of hydrogen-bond donors (Lipinski definition) is 2. The van der Waals surface area contributed by atoms with E-state index in [9.17, 15) is 13.2 Å². The second kappa shape index (κ2) is 8.28. The molecule has 3 aromatic rings. The number of aryl methyl sites for hydroxylation is 1. The number of rotatable bonds is 4. The second-order valence-corrected chi connectivity index (χ2v) is 9.85. The molecule has 7 nitrogen and oxygen atoms in total. The Morgan fingerprint density at radius 2 is 1.77 bits per heavy atom. The molecule has 2 heterocycles. The van der Waals surface area contributed by atoms with Crippen LogP contribution in [-0.2, 0) is 10.0 Å². The summed E-state index contributed by atoms with van der Waals surface area (Å²) in [5.74, 6) is -0.0523. The van der Waals surface area contributed by atoms with Crippen molar-refractivity contribution < 1.29 is 13.2 Å². The number of pyridine rings is 1. The smallest absolute Gasteiger partial charge is 0.264 e. The maximum Gasteiger partial charge on any atom is 0.264 e. The lowest BCUT2D eigenvalue weighted by molar-refractivity contribution is 0.0674. The summed E-state index contributed by atoms with van der Waals surface area (Å²) in [4.78, 5) is 19.1. The van der Waals surface area contributed by atoms with E-state index < -0.39 is 10.0 Å². The number of nitrogens with one attached hydrogen (secondary N) is 2. The molecule has 1 fully saturated rings. The largest absolute Gasteiger partial charge is 0.336 e. The summed E-state index contributed by atoms with van der Waals surface area (Å²) in [6.45, 7) is 7.25. The summed E-state index contributed by atoms with van der Waals surface area (Å²) in [5.41, 5.74) is 2.19. The molecule has 1 aliphatic rings. The van der Waals surface area contributed by atoms with Crippen LogP contribution in [0.1, 0.15) is 29.8 Å². The van der Waals surface area contributed by atoms with Crippen molar-refractivity contribution in [1.82, 2.24) is 15.2 Å². The van der Waals surface area contributed by atoms with Gasteiger partial charge in [0.25, 0.3) is 15.9 Å². The molecule has 1 aliphatic heterocycles. The van der Waals surface area contributed by atoms with E-state index >= 15 is 0 Å². The first-order valence-corrected chi connectivity index (χ1v) is 11.7. The van der Waals surface area contributed by atoms with Crippen LogP contribution in [0.25, 0.3) is 10.9 Å². The molecule has 0 radical (unpaired) electrons. The van der Waals surface area contributed by atoms with Gasteiger partial charge in [-0.05, 0) is 68.8 Å². The molecular formula is C23H26N4O3S. The van der Waals surface area contributed by atoms with Crippen LogP contribution in [0.15, 0.2) is 59.6 Å². The highest BCUT2D eigenvalue weighted by Gasteiger charge is 2.25. The lowest BCUT2D eigenvalue weighted by Gasteiger charge is -2.36. The van der Waals surface area contributed by atoms with Crippen molar-refractivity contribution in [3.8, 4) is 0 Å².